The van der Waals surface area contributed by atoms with E-state index in [1.807, 2.05) is 19.9 Å². The molecule has 1 N–H and O–H groups in total. The minimum absolute atomic E-state index is 0.132. The predicted octanol–water partition coefficient (Wildman–Crippen LogP) is 4.82. The number of nitrogens with one attached hydrogen (secondary N) is 1. The van der Waals surface area contributed by atoms with Crippen molar-refractivity contribution in [3.8, 4) is 0 Å². The van der Waals surface area contributed by atoms with Crippen LogP contribution in [0.1, 0.15) is 23.6 Å². The summed E-state index contributed by atoms with van der Waals surface area (Å²) in [5.74, 6) is -0.132. The Labute approximate surface area is 164 Å². The van der Waals surface area contributed by atoms with Crippen LogP contribution >= 0.6 is 0 Å². The summed E-state index contributed by atoms with van der Waals surface area (Å²) in [7, 11) is 1.64. The van der Waals surface area contributed by atoms with Gasteiger partial charge in [-0.2, -0.15) is 0 Å². The van der Waals surface area contributed by atoms with Gasteiger partial charge in [0.05, 0.1) is 19.3 Å². The predicted molar refractivity (Wildman–Crippen MR) is 110 cm³/mol. The first-order valence-corrected chi connectivity index (χ1v) is 9.16. The van der Waals surface area contributed by atoms with Crippen molar-refractivity contribution in [2.24, 2.45) is 0 Å². The smallest absolute Gasteiger partial charge is 0.413 e. The molecule has 146 valence electrons. The van der Waals surface area contributed by atoms with Crippen LogP contribution in [0.4, 0.5) is 16.2 Å². The van der Waals surface area contributed by atoms with Gasteiger partial charge in [-0.15, -0.1) is 0 Å². The zero-order chi connectivity index (χ0) is 20.3. The van der Waals surface area contributed by atoms with E-state index in [1.54, 1.807) is 44.5 Å². The van der Waals surface area contributed by atoms with E-state index in [0.29, 0.717) is 18.0 Å². The highest BCUT2D eigenvalue weighted by atomic mass is 16.6. The molecule has 6 nitrogen and oxygen atoms in total. The van der Waals surface area contributed by atoms with Crippen molar-refractivity contribution < 1.29 is 18.7 Å². The van der Waals surface area contributed by atoms with Crippen molar-refractivity contribution in [3.63, 3.8) is 0 Å². The summed E-state index contributed by atoms with van der Waals surface area (Å²) in [6.07, 6.45) is 1.44. The molecule has 0 atom stereocenters. The van der Waals surface area contributed by atoms with Gasteiger partial charge < -0.3 is 14.5 Å². The Hall–Kier alpha value is -3.28. The van der Waals surface area contributed by atoms with Crippen molar-refractivity contribution in [2.75, 3.05) is 23.9 Å². The third kappa shape index (κ3) is 4.17. The van der Waals surface area contributed by atoms with Crippen molar-refractivity contribution in [2.45, 2.75) is 27.2 Å². The van der Waals surface area contributed by atoms with E-state index in [4.69, 9.17) is 9.15 Å². The van der Waals surface area contributed by atoms with E-state index >= 15 is 0 Å². The minimum atomic E-state index is -0.420. The first kappa shape index (κ1) is 19.5. The molecule has 0 spiro atoms. The fourth-order valence-corrected chi connectivity index (χ4v) is 2.95. The molecule has 3 rings (SSSR count). The lowest BCUT2D eigenvalue weighted by Crippen LogP contribution is -2.26. The van der Waals surface area contributed by atoms with E-state index in [2.05, 4.69) is 11.4 Å². The van der Waals surface area contributed by atoms with Gasteiger partial charge in [-0.1, -0.05) is 0 Å². The lowest BCUT2D eigenvalue weighted by atomic mass is 10.0. The topological polar surface area (TPSA) is 71.8 Å². The fraction of sp³-hybridized carbons (Fsp3) is 0.273. The van der Waals surface area contributed by atoms with Crippen molar-refractivity contribution in [1.29, 1.82) is 0 Å². The van der Waals surface area contributed by atoms with Gasteiger partial charge >= 0.3 is 6.09 Å². The fourth-order valence-electron chi connectivity index (χ4n) is 2.95. The molecule has 0 aliphatic rings. The Kier molecular flexibility index (Phi) is 5.68. The maximum atomic E-state index is 12.5. The van der Waals surface area contributed by atoms with Crippen LogP contribution in [0, 0.1) is 13.8 Å². The molecule has 0 bridgehead atoms. The number of amides is 2. The number of anilines is 2. The van der Waals surface area contributed by atoms with Crippen LogP contribution in [0.15, 0.2) is 47.1 Å². The van der Waals surface area contributed by atoms with E-state index in [-0.39, 0.29) is 12.3 Å². The second-order valence-corrected chi connectivity index (χ2v) is 6.72. The lowest BCUT2D eigenvalue weighted by Gasteiger charge is -2.16. The van der Waals surface area contributed by atoms with Crippen LogP contribution in [0.25, 0.3) is 11.0 Å². The van der Waals surface area contributed by atoms with Crippen molar-refractivity contribution in [1.82, 2.24) is 0 Å². The van der Waals surface area contributed by atoms with Crippen LogP contribution in [-0.4, -0.2) is 25.7 Å². The van der Waals surface area contributed by atoms with Crippen molar-refractivity contribution in [3.05, 3.63) is 59.4 Å². The summed E-state index contributed by atoms with van der Waals surface area (Å²) in [5.41, 5.74) is 5.31. The summed E-state index contributed by atoms with van der Waals surface area (Å²) in [6, 6.07) is 11.1. The number of rotatable bonds is 5. The molecule has 0 aliphatic carbocycles. The highest BCUT2D eigenvalue weighted by Crippen LogP contribution is 2.25. The average Bonchev–Trinajstić information content (AvgIpc) is 3.03. The van der Waals surface area contributed by atoms with Gasteiger partial charge in [0.25, 0.3) is 0 Å². The quantitative estimate of drug-likeness (QED) is 0.689. The number of carbonyl (C=O) groups excluding carboxylic acids is 2. The van der Waals surface area contributed by atoms with Crippen molar-refractivity contribution >= 4 is 34.3 Å². The van der Waals surface area contributed by atoms with Gasteiger partial charge in [0.15, 0.2) is 0 Å². The molecule has 0 radical (unpaired) electrons. The van der Waals surface area contributed by atoms with E-state index in [9.17, 15) is 9.59 Å². The van der Waals surface area contributed by atoms with Crippen LogP contribution in [0.2, 0.25) is 0 Å². The number of ether oxygens (including phenoxy) is 1. The van der Waals surface area contributed by atoms with Crippen LogP contribution in [0.5, 0.6) is 0 Å². The van der Waals surface area contributed by atoms with Crippen LogP contribution in [-0.2, 0) is 16.0 Å². The summed E-state index contributed by atoms with van der Waals surface area (Å²) < 4.78 is 10.6. The van der Waals surface area contributed by atoms with Gasteiger partial charge in [-0.3, -0.25) is 9.69 Å². The highest BCUT2D eigenvalue weighted by Gasteiger charge is 2.14. The Morgan fingerprint density at radius 3 is 2.46 bits per heavy atom. The summed E-state index contributed by atoms with van der Waals surface area (Å²) in [6.45, 7) is 6.16. The molecule has 1 aromatic heterocycles. The maximum Gasteiger partial charge on any atom is 0.413 e. The number of carbonyl (C=O) groups is 2. The van der Waals surface area contributed by atoms with Gasteiger partial charge in [0.2, 0.25) is 5.91 Å². The third-order valence-corrected chi connectivity index (χ3v) is 4.70. The third-order valence-electron chi connectivity index (χ3n) is 4.70. The minimum Gasteiger partial charge on any atom is -0.464 e. The zero-order valence-corrected chi connectivity index (χ0v) is 16.5. The van der Waals surface area contributed by atoms with E-state index in [0.717, 1.165) is 27.7 Å². The molecule has 0 saturated heterocycles. The van der Waals surface area contributed by atoms with E-state index in [1.165, 1.54) is 4.90 Å². The molecule has 28 heavy (non-hydrogen) atoms. The number of nitrogens with zero attached hydrogens (tertiary/aromatic N) is 1. The molecule has 2 aromatic carbocycles. The number of furan rings is 1. The number of hydrogen-bond acceptors (Lipinski definition) is 4. The summed E-state index contributed by atoms with van der Waals surface area (Å²) in [4.78, 5) is 25.6. The molecule has 0 unspecified atom stereocenters. The first-order valence-electron chi connectivity index (χ1n) is 9.16. The van der Waals surface area contributed by atoms with Gasteiger partial charge in [-0.05, 0) is 68.3 Å². The molecular formula is C22H24N2O4. The Morgan fingerprint density at radius 1 is 1.11 bits per heavy atom. The van der Waals surface area contributed by atoms with Gasteiger partial charge in [0.1, 0.15) is 5.58 Å². The Bertz CT molecular complexity index is 1010. The normalized spacial score (nSPS) is 10.7. The zero-order valence-electron chi connectivity index (χ0n) is 16.5. The van der Waals surface area contributed by atoms with Gasteiger partial charge in [-0.25, -0.2) is 4.79 Å². The molecule has 0 fully saturated rings. The van der Waals surface area contributed by atoms with Crippen LogP contribution < -0.4 is 10.2 Å². The summed E-state index contributed by atoms with van der Waals surface area (Å²) in [5, 5.41) is 3.84. The molecule has 2 amide bonds. The van der Waals surface area contributed by atoms with Gasteiger partial charge in [0, 0.05) is 29.4 Å². The van der Waals surface area contributed by atoms with Crippen LogP contribution in [0.3, 0.4) is 0 Å². The molecule has 0 saturated carbocycles. The number of aryl methyl sites for hydroxylation is 2. The molecular weight excluding hydrogens is 356 g/mol. The summed E-state index contributed by atoms with van der Waals surface area (Å²) >= 11 is 0. The molecule has 1 heterocycles. The number of fused-ring (bicyclic) bond motifs is 1. The largest absolute Gasteiger partial charge is 0.464 e. The molecule has 3 aromatic rings. The standard InChI is InChI=1S/C22H24N2O4/c1-5-27-22(26)24(4)18-8-6-17(7-9-18)23-21(25)12-16-13-28-20-11-15(3)14(2)10-19(16)20/h6-11,13H,5,12H2,1-4H3,(H,23,25). The molecule has 0 aliphatic heterocycles. The average molecular weight is 380 g/mol. The second kappa shape index (κ2) is 8.17. The molecule has 6 heteroatoms. The maximum absolute atomic E-state index is 12.5. The SMILES string of the molecule is CCOC(=O)N(C)c1ccc(NC(=O)Cc2coc3cc(C)c(C)cc23)cc1. The Balaban J connectivity index is 1.67. The lowest BCUT2D eigenvalue weighted by molar-refractivity contribution is -0.115. The number of hydrogen-bond donors (Lipinski definition) is 1. The van der Waals surface area contributed by atoms with E-state index < -0.39 is 6.09 Å². The highest BCUT2D eigenvalue weighted by molar-refractivity contribution is 5.96. The Morgan fingerprint density at radius 2 is 1.79 bits per heavy atom. The first-order chi connectivity index (χ1) is 13.4. The second-order valence-electron chi connectivity index (χ2n) is 6.72. The number of benzene rings is 2. The monoisotopic (exact) mass is 380 g/mol.